The number of halogens is 1. The van der Waals surface area contributed by atoms with E-state index in [4.69, 9.17) is 4.74 Å². The summed E-state index contributed by atoms with van der Waals surface area (Å²) >= 11 is 3.39. The molecule has 1 unspecified atom stereocenters. The third-order valence-corrected chi connectivity index (χ3v) is 5.21. The Labute approximate surface area is 172 Å². The summed E-state index contributed by atoms with van der Waals surface area (Å²) < 4.78 is 6.49. The third kappa shape index (κ3) is 5.25. The van der Waals surface area contributed by atoms with Gasteiger partial charge >= 0.3 is 0 Å². The molecule has 0 aromatic heterocycles. The zero-order valence-electron chi connectivity index (χ0n) is 15.6. The fourth-order valence-electron chi connectivity index (χ4n) is 3.13. The van der Waals surface area contributed by atoms with Crippen LogP contribution in [0.2, 0.25) is 0 Å². The second-order valence-electron chi connectivity index (χ2n) is 6.84. The molecule has 2 aromatic carbocycles. The quantitative estimate of drug-likeness (QED) is 0.737. The van der Waals surface area contributed by atoms with Gasteiger partial charge in [-0.2, -0.15) is 0 Å². The average molecular weight is 447 g/mol. The van der Waals surface area contributed by atoms with Crippen LogP contribution in [-0.4, -0.2) is 47.1 Å². The maximum absolute atomic E-state index is 12.6. The zero-order valence-corrected chi connectivity index (χ0v) is 17.2. The van der Waals surface area contributed by atoms with Gasteiger partial charge in [-0.1, -0.05) is 22.0 Å². The van der Waals surface area contributed by atoms with Crippen LogP contribution in [0.15, 0.2) is 53.0 Å². The summed E-state index contributed by atoms with van der Waals surface area (Å²) in [5.41, 5.74) is 0.660. The minimum Gasteiger partial charge on any atom is -0.508 e. The van der Waals surface area contributed by atoms with Crippen LogP contribution in [0.3, 0.4) is 0 Å². The van der Waals surface area contributed by atoms with Crippen molar-refractivity contribution < 1.29 is 19.4 Å². The summed E-state index contributed by atoms with van der Waals surface area (Å²) in [5, 5.41) is 12.3. The summed E-state index contributed by atoms with van der Waals surface area (Å²) in [6, 6.07) is 13.6. The van der Waals surface area contributed by atoms with Gasteiger partial charge in [0.2, 0.25) is 0 Å². The molecule has 1 aliphatic heterocycles. The Morgan fingerprint density at radius 1 is 1.18 bits per heavy atom. The molecule has 1 atom stereocenters. The van der Waals surface area contributed by atoms with Gasteiger partial charge in [0.15, 0.2) is 6.10 Å². The molecule has 6 nitrogen and oxygen atoms in total. The van der Waals surface area contributed by atoms with Gasteiger partial charge in [0.1, 0.15) is 11.5 Å². The zero-order chi connectivity index (χ0) is 20.1. The molecular weight excluding hydrogens is 424 g/mol. The Morgan fingerprint density at radius 2 is 1.86 bits per heavy atom. The molecule has 1 heterocycles. The number of benzene rings is 2. The van der Waals surface area contributed by atoms with Crippen LogP contribution in [0.4, 0.5) is 0 Å². The van der Waals surface area contributed by atoms with Gasteiger partial charge in [-0.25, -0.2) is 0 Å². The number of likely N-dealkylation sites (tertiary alicyclic amines) is 1. The van der Waals surface area contributed by atoms with Crippen LogP contribution < -0.4 is 10.1 Å². The van der Waals surface area contributed by atoms with Crippen molar-refractivity contribution in [1.82, 2.24) is 10.2 Å². The van der Waals surface area contributed by atoms with Crippen LogP contribution in [-0.2, 0) is 4.79 Å². The van der Waals surface area contributed by atoms with Crippen LogP contribution >= 0.6 is 15.9 Å². The first kappa shape index (κ1) is 20.2. The van der Waals surface area contributed by atoms with Crippen molar-refractivity contribution in [2.75, 3.05) is 13.1 Å². The Morgan fingerprint density at radius 3 is 2.50 bits per heavy atom. The minimum absolute atomic E-state index is 0.00936. The molecule has 2 amide bonds. The lowest BCUT2D eigenvalue weighted by Gasteiger charge is -2.33. The molecule has 0 bridgehead atoms. The summed E-state index contributed by atoms with van der Waals surface area (Å²) in [6.07, 6.45) is 0.764. The normalized spacial score (nSPS) is 15.7. The van der Waals surface area contributed by atoms with E-state index in [2.05, 4.69) is 21.2 Å². The number of nitrogens with zero attached hydrogens (tertiary/aromatic N) is 1. The van der Waals surface area contributed by atoms with Gasteiger partial charge in [0, 0.05) is 29.2 Å². The van der Waals surface area contributed by atoms with Crippen LogP contribution in [0.25, 0.3) is 0 Å². The number of nitrogens with one attached hydrogen (secondary N) is 1. The van der Waals surface area contributed by atoms with Gasteiger partial charge < -0.3 is 20.1 Å². The largest absolute Gasteiger partial charge is 0.508 e. The SMILES string of the molecule is CC(Oc1ccc(O)cc1)C(=O)NC1CCN(C(=O)c2cccc(Br)c2)CC1. The summed E-state index contributed by atoms with van der Waals surface area (Å²) in [6.45, 7) is 2.89. The predicted octanol–water partition coefficient (Wildman–Crippen LogP) is 3.34. The van der Waals surface area contributed by atoms with Crippen molar-refractivity contribution >= 4 is 27.7 Å². The first-order valence-corrected chi connectivity index (χ1v) is 10.0. The highest BCUT2D eigenvalue weighted by Gasteiger charge is 2.26. The maximum Gasteiger partial charge on any atom is 0.260 e. The fraction of sp³-hybridized carbons (Fsp3) is 0.333. The smallest absolute Gasteiger partial charge is 0.260 e. The highest BCUT2D eigenvalue weighted by atomic mass is 79.9. The maximum atomic E-state index is 12.6. The molecule has 0 radical (unpaired) electrons. The molecule has 0 spiro atoms. The van der Waals surface area contributed by atoms with E-state index < -0.39 is 6.10 Å². The number of ether oxygens (including phenoxy) is 1. The Balaban J connectivity index is 1.47. The van der Waals surface area contributed by atoms with E-state index in [1.54, 1.807) is 19.1 Å². The fourth-order valence-corrected chi connectivity index (χ4v) is 3.53. The highest BCUT2D eigenvalue weighted by Crippen LogP contribution is 2.19. The molecule has 2 N–H and O–H groups in total. The molecule has 1 fully saturated rings. The Kier molecular flexibility index (Phi) is 6.57. The van der Waals surface area contributed by atoms with Gasteiger partial charge in [0.05, 0.1) is 0 Å². The second-order valence-corrected chi connectivity index (χ2v) is 7.76. The van der Waals surface area contributed by atoms with E-state index in [1.165, 1.54) is 12.1 Å². The number of hydrogen-bond donors (Lipinski definition) is 2. The second kappa shape index (κ2) is 9.10. The van der Waals surface area contributed by atoms with E-state index in [-0.39, 0.29) is 23.6 Å². The van der Waals surface area contributed by atoms with Gasteiger partial charge in [-0.3, -0.25) is 9.59 Å². The first-order chi connectivity index (χ1) is 13.4. The third-order valence-electron chi connectivity index (χ3n) is 4.72. The molecule has 0 saturated carbocycles. The average Bonchev–Trinajstić information content (AvgIpc) is 2.69. The Hall–Kier alpha value is -2.54. The number of hydrogen-bond acceptors (Lipinski definition) is 4. The summed E-state index contributed by atoms with van der Waals surface area (Å²) in [5.74, 6) is 0.489. The number of carbonyl (C=O) groups is 2. The lowest BCUT2D eigenvalue weighted by Crippen LogP contribution is -2.49. The summed E-state index contributed by atoms with van der Waals surface area (Å²) in [7, 11) is 0. The molecule has 3 rings (SSSR count). The number of phenolic OH excluding ortho intramolecular Hbond substituents is 1. The molecule has 1 aliphatic rings. The predicted molar refractivity (Wildman–Crippen MR) is 109 cm³/mol. The first-order valence-electron chi connectivity index (χ1n) is 9.23. The van der Waals surface area contributed by atoms with Crippen molar-refractivity contribution in [3.63, 3.8) is 0 Å². The van der Waals surface area contributed by atoms with Gasteiger partial charge in [0.25, 0.3) is 11.8 Å². The van der Waals surface area contributed by atoms with Crippen molar-refractivity contribution in [3.05, 3.63) is 58.6 Å². The monoisotopic (exact) mass is 446 g/mol. The van der Waals surface area contributed by atoms with Crippen LogP contribution in [0.5, 0.6) is 11.5 Å². The van der Waals surface area contributed by atoms with E-state index in [0.29, 0.717) is 37.2 Å². The van der Waals surface area contributed by atoms with Crippen LogP contribution in [0, 0.1) is 0 Å². The molecule has 148 valence electrons. The van der Waals surface area contributed by atoms with E-state index in [1.807, 2.05) is 29.2 Å². The molecule has 1 saturated heterocycles. The minimum atomic E-state index is -0.647. The standard InChI is InChI=1S/C21H23BrN2O4/c1-14(28-19-7-5-18(25)6-8-19)20(26)23-17-9-11-24(12-10-17)21(27)15-3-2-4-16(22)13-15/h2-8,13-14,17,25H,9-12H2,1H3,(H,23,26). The van der Waals surface area contributed by atoms with Gasteiger partial charge in [-0.05, 0) is 62.2 Å². The number of aromatic hydroxyl groups is 1. The molecule has 2 aromatic rings. The lowest BCUT2D eigenvalue weighted by molar-refractivity contribution is -0.128. The van der Waals surface area contributed by atoms with E-state index >= 15 is 0 Å². The van der Waals surface area contributed by atoms with Crippen molar-refractivity contribution in [3.8, 4) is 11.5 Å². The highest BCUT2D eigenvalue weighted by molar-refractivity contribution is 9.10. The number of amides is 2. The van der Waals surface area contributed by atoms with Crippen molar-refractivity contribution in [2.45, 2.75) is 31.9 Å². The van der Waals surface area contributed by atoms with Gasteiger partial charge in [-0.15, -0.1) is 0 Å². The molecule has 7 heteroatoms. The Bertz CT molecular complexity index is 833. The summed E-state index contributed by atoms with van der Waals surface area (Å²) in [4.78, 5) is 26.8. The van der Waals surface area contributed by atoms with Crippen molar-refractivity contribution in [1.29, 1.82) is 0 Å². The topological polar surface area (TPSA) is 78.9 Å². The number of rotatable bonds is 5. The van der Waals surface area contributed by atoms with E-state index in [9.17, 15) is 14.7 Å². The number of phenols is 1. The number of carbonyl (C=O) groups excluding carboxylic acids is 2. The molecule has 0 aliphatic carbocycles. The van der Waals surface area contributed by atoms with Crippen molar-refractivity contribution in [2.24, 2.45) is 0 Å². The lowest BCUT2D eigenvalue weighted by atomic mass is 10.0. The number of piperidine rings is 1. The van der Waals surface area contributed by atoms with Crippen LogP contribution in [0.1, 0.15) is 30.1 Å². The molecule has 28 heavy (non-hydrogen) atoms. The van der Waals surface area contributed by atoms with E-state index in [0.717, 1.165) is 4.47 Å². The molecular formula is C21H23BrN2O4.